The van der Waals surface area contributed by atoms with Crippen molar-refractivity contribution in [2.45, 2.75) is 50.0 Å². The van der Waals surface area contributed by atoms with Crippen LogP contribution in [0, 0.1) is 0 Å². The van der Waals surface area contributed by atoms with E-state index in [-0.39, 0.29) is 29.2 Å². The van der Waals surface area contributed by atoms with Gasteiger partial charge in [-0.1, -0.05) is 60.3 Å². The molecule has 3 heterocycles. The molecule has 2 aromatic carbocycles. The second-order valence-electron chi connectivity index (χ2n) is 9.22. The Kier molecular flexibility index (Phi) is 8.72. The van der Waals surface area contributed by atoms with Gasteiger partial charge in [-0.05, 0) is 30.9 Å². The molecule has 5 rings (SSSR count). The predicted octanol–water partition coefficient (Wildman–Crippen LogP) is 4.10. The molecule has 1 fully saturated rings. The van der Waals surface area contributed by atoms with Gasteiger partial charge < -0.3 is 15.4 Å². The first-order chi connectivity index (χ1) is 18.6. The van der Waals surface area contributed by atoms with E-state index < -0.39 is 0 Å². The number of hydrogen-bond acceptors (Lipinski definition) is 7. The van der Waals surface area contributed by atoms with Crippen LogP contribution in [-0.2, 0) is 27.4 Å². The van der Waals surface area contributed by atoms with E-state index in [9.17, 15) is 14.4 Å². The number of hydrogen-bond donors (Lipinski definition) is 2. The van der Waals surface area contributed by atoms with Gasteiger partial charge in [0.25, 0.3) is 5.56 Å². The summed E-state index contributed by atoms with van der Waals surface area (Å²) in [5, 5.41) is 7.27. The van der Waals surface area contributed by atoms with Gasteiger partial charge in [0.2, 0.25) is 11.8 Å². The van der Waals surface area contributed by atoms with Crippen molar-refractivity contribution in [1.29, 1.82) is 0 Å². The standard InChI is InChI=1S/C28H30N4O4S2/c33-23(30-17-20-10-7-15-36-20)13-6-14-32-27(35)26-25(21-11-4-5-12-22(21)38-26)31-28(32)37-18-24(34)29-16-19-8-2-1-3-9-19/h1-5,8-9,11-12,20H,6-7,10,13-18H2,(H,29,34)(H,30,33)/t20-/m0/s1. The first kappa shape index (κ1) is 26.4. The predicted molar refractivity (Wildman–Crippen MR) is 152 cm³/mol. The van der Waals surface area contributed by atoms with Crippen LogP contribution in [0.25, 0.3) is 20.3 Å². The minimum absolute atomic E-state index is 0.0565. The number of ether oxygens (including phenoxy) is 1. The van der Waals surface area contributed by atoms with E-state index in [1.807, 2.05) is 54.6 Å². The highest BCUT2D eigenvalue weighted by Gasteiger charge is 2.19. The van der Waals surface area contributed by atoms with Crippen LogP contribution in [-0.4, -0.2) is 46.4 Å². The average molecular weight is 551 g/mol. The van der Waals surface area contributed by atoms with Gasteiger partial charge in [0, 0.05) is 42.7 Å². The molecular formula is C28H30N4O4S2. The monoisotopic (exact) mass is 550 g/mol. The van der Waals surface area contributed by atoms with Gasteiger partial charge in [-0.15, -0.1) is 11.3 Å². The Labute approximate surface area is 228 Å². The first-order valence-corrected chi connectivity index (χ1v) is 14.6. The number of aromatic nitrogens is 2. The summed E-state index contributed by atoms with van der Waals surface area (Å²) in [7, 11) is 0. The van der Waals surface area contributed by atoms with Gasteiger partial charge >= 0.3 is 0 Å². The van der Waals surface area contributed by atoms with Crippen LogP contribution in [0.5, 0.6) is 0 Å². The van der Waals surface area contributed by atoms with E-state index in [0.29, 0.717) is 47.8 Å². The normalized spacial score (nSPS) is 15.2. The Hall–Kier alpha value is -3.21. The summed E-state index contributed by atoms with van der Waals surface area (Å²) in [6, 6.07) is 17.5. The molecule has 2 amide bonds. The number of thioether (sulfide) groups is 1. The molecule has 1 saturated heterocycles. The second-order valence-corrected chi connectivity index (χ2v) is 11.2. The van der Waals surface area contributed by atoms with Crippen LogP contribution in [0.2, 0.25) is 0 Å². The van der Waals surface area contributed by atoms with E-state index in [1.165, 1.54) is 23.1 Å². The molecular weight excluding hydrogens is 520 g/mol. The van der Waals surface area contributed by atoms with Crippen molar-refractivity contribution in [2.24, 2.45) is 0 Å². The van der Waals surface area contributed by atoms with Crippen molar-refractivity contribution >= 4 is 55.2 Å². The highest BCUT2D eigenvalue weighted by molar-refractivity contribution is 7.99. The zero-order valence-corrected chi connectivity index (χ0v) is 22.6. The van der Waals surface area contributed by atoms with Crippen LogP contribution >= 0.6 is 23.1 Å². The van der Waals surface area contributed by atoms with E-state index in [1.54, 1.807) is 4.57 Å². The van der Waals surface area contributed by atoms with Gasteiger partial charge in [0.05, 0.1) is 17.4 Å². The fourth-order valence-corrected chi connectivity index (χ4v) is 6.40. The van der Waals surface area contributed by atoms with Gasteiger partial charge in [0.15, 0.2) is 5.16 Å². The Morgan fingerprint density at radius 2 is 1.89 bits per heavy atom. The molecule has 0 saturated carbocycles. The number of benzene rings is 2. The molecule has 0 bridgehead atoms. The maximum Gasteiger partial charge on any atom is 0.272 e. The molecule has 1 atom stereocenters. The molecule has 2 N–H and O–H groups in total. The molecule has 8 nitrogen and oxygen atoms in total. The number of amides is 2. The van der Waals surface area contributed by atoms with Gasteiger partial charge in [-0.25, -0.2) is 4.98 Å². The molecule has 198 valence electrons. The van der Waals surface area contributed by atoms with Crippen molar-refractivity contribution in [2.75, 3.05) is 18.9 Å². The molecule has 38 heavy (non-hydrogen) atoms. The Bertz CT molecular complexity index is 1480. The lowest BCUT2D eigenvalue weighted by molar-refractivity contribution is -0.121. The summed E-state index contributed by atoms with van der Waals surface area (Å²) in [5.74, 6) is -0.0586. The lowest BCUT2D eigenvalue weighted by atomic mass is 10.2. The number of nitrogens with one attached hydrogen (secondary N) is 2. The molecule has 10 heteroatoms. The Morgan fingerprint density at radius 1 is 1.08 bits per heavy atom. The van der Waals surface area contributed by atoms with Crippen LogP contribution in [0.3, 0.4) is 0 Å². The maximum atomic E-state index is 13.6. The quantitative estimate of drug-likeness (QED) is 0.215. The summed E-state index contributed by atoms with van der Waals surface area (Å²) in [6.07, 6.45) is 2.88. The van der Waals surface area contributed by atoms with Crippen molar-refractivity contribution in [3.05, 3.63) is 70.5 Å². The number of fused-ring (bicyclic) bond motifs is 3. The maximum absolute atomic E-state index is 13.6. The summed E-state index contributed by atoms with van der Waals surface area (Å²) < 4.78 is 8.76. The third kappa shape index (κ3) is 6.43. The van der Waals surface area contributed by atoms with Gasteiger partial charge in [0.1, 0.15) is 4.70 Å². The molecule has 2 aromatic heterocycles. The minimum atomic E-state index is -0.136. The average Bonchev–Trinajstić information content (AvgIpc) is 3.60. The summed E-state index contributed by atoms with van der Waals surface area (Å²) in [4.78, 5) is 43.3. The van der Waals surface area contributed by atoms with Crippen LogP contribution < -0.4 is 16.2 Å². The molecule has 0 unspecified atom stereocenters. The minimum Gasteiger partial charge on any atom is -0.376 e. The lowest BCUT2D eigenvalue weighted by Crippen LogP contribution is -2.32. The van der Waals surface area contributed by atoms with Crippen LogP contribution in [0.4, 0.5) is 0 Å². The van der Waals surface area contributed by atoms with Crippen molar-refractivity contribution < 1.29 is 14.3 Å². The second kappa shape index (κ2) is 12.6. The first-order valence-electron chi connectivity index (χ1n) is 12.8. The van der Waals surface area contributed by atoms with Gasteiger partial charge in [-0.3, -0.25) is 19.0 Å². The molecule has 1 aliphatic heterocycles. The summed E-state index contributed by atoms with van der Waals surface area (Å²) in [5.41, 5.74) is 1.54. The number of rotatable bonds is 11. The number of nitrogens with zero attached hydrogens (tertiary/aromatic N) is 2. The van der Waals surface area contributed by atoms with Crippen molar-refractivity contribution in [3.8, 4) is 0 Å². The zero-order valence-electron chi connectivity index (χ0n) is 21.0. The molecule has 0 aliphatic carbocycles. The third-order valence-electron chi connectivity index (χ3n) is 6.45. The Balaban J connectivity index is 1.29. The van der Waals surface area contributed by atoms with Crippen molar-refractivity contribution in [1.82, 2.24) is 20.2 Å². The fraction of sp³-hybridized carbons (Fsp3) is 0.357. The third-order valence-corrected chi connectivity index (χ3v) is 8.57. The van der Waals surface area contributed by atoms with Gasteiger partial charge in [-0.2, -0.15) is 0 Å². The smallest absolute Gasteiger partial charge is 0.272 e. The number of carbonyl (C=O) groups excluding carboxylic acids is 2. The SMILES string of the molecule is O=C(CCCn1c(SCC(=O)NCc2ccccc2)nc2c(sc3ccccc32)c1=O)NC[C@@H]1CCCO1. The summed E-state index contributed by atoms with van der Waals surface area (Å²) in [6.45, 7) is 2.06. The molecule has 1 aliphatic rings. The van der Waals surface area contributed by atoms with E-state index in [4.69, 9.17) is 9.72 Å². The highest BCUT2D eigenvalue weighted by atomic mass is 32.2. The van der Waals surface area contributed by atoms with E-state index in [0.717, 1.165) is 35.1 Å². The summed E-state index contributed by atoms with van der Waals surface area (Å²) >= 11 is 2.67. The number of carbonyl (C=O) groups is 2. The van der Waals surface area contributed by atoms with E-state index in [2.05, 4.69) is 10.6 Å². The lowest BCUT2D eigenvalue weighted by Gasteiger charge is -2.13. The zero-order chi connectivity index (χ0) is 26.3. The van der Waals surface area contributed by atoms with E-state index >= 15 is 0 Å². The highest BCUT2D eigenvalue weighted by Crippen LogP contribution is 2.31. The topological polar surface area (TPSA) is 102 Å². The van der Waals surface area contributed by atoms with Crippen molar-refractivity contribution in [3.63, 3.8) is 0 Å². The molecule has 0 spiro atoms. The van der Waals surface area contributed by atoms with Crippen LogP contribution in [0.1, 0.15) is 31.2 Å². The molecule has 4 aromatic rings. The van der Waals surface area contributed by atoms with Crippen LogP contribution in [0.15, 0.2) is 64.5 Å². The fourth-order valence-electron chi connectivity index (χ4n) is 4.46. The molecule has 0 radical (unpaired) electrons. The largest absolute Gasteiger partial charge is 0.376 e. The number of thiophene rings is 1. The Morgan fingerprint density at radius 3 is 2.71 bits per heavy atom.